The lowest BCUT2D eigenvalue weighted by molar-refractivity contribution is -0.120. The molecule has 0 heterocycles. The van der Waals surface area contributed by atoms with Crippen LogP contribution >= 0.6 is 0 Å². The summed E-state index contributed by atoms with van der Waals surface area (Å²) in [5, 5.41) is 0.00362. The van der Waals surface area contributed by atoms with Crippen LogP contribution in [0.4, 0.5) is 0 Å². The van der Waals surface area contributed by atoms with Gasteiger partial charge in [0.25, 0.3) is 0 Å². The van der Waals surface area contributed by atoms with Crippen LogP contribution in [0.3, 0.4) is 0 Å². The number of rotatable bonds is 2. The molecule has 17 heavy (non-hydrogen) atoms. The van der Waals surface area contributed by atoms with E-state index in [4.69, 9.17) is 0 Å². The highest BCUT2D eigenvalue weighted by Crippen LogP contribution is 2.30. The maximum absolute atomic E-state index is 12.5. The molecule has 0 aliphatic heterocycles. The van der Waals surface area contributed by atoms with Crippen LogP contribution in [0.1, 0.15) is 30.9 Å². The van der Waals surface area contributed by atoms with Gasteiger partial charge in [0.2, 0.25) is 0 Å². The number of ketones is 1. The van der Waals surface area contributed by atoms with Crippen molar-refractivity contribution < 1.29 is 9.00 Å². The van der Waals surface area contributed by atoms with Crippen molar-refractivity contribution in [1.29, 1.82) is 0 Å². The van der Waals surface area contributed by atoms with Crippen LogP contribution in [-0.4, -0.2) is 15.2 Å². The Morgan fingerprint density at radius 1 is 1.29 bits per heavy atom. The standard InChI is InChI=1S/C14H18O2S/c1-9-4-6-13(10(2)8-9)17(16)14-7-5-12(15)11(14)3/h4,6,8,11,14H,5,7H2,1-3H3. The van der Waals surface area contributed by atoms with Crippen LogP contribution in [0.25, 0.3) is 0 Å². The molecule has 0 amide bonds. The number of carbonyl (C=O) groups is 1. The molecule has 0 aromatic heterocycles. The highest BCUT2D eigenvalue weighted by molar-refractivity contribution is 7.85. The average Bonchev–Trinajstić information content (AvgIpc) is 2.59. The van der Waals surface area contributed by atoms with E-state index < -0.39 is 10.8 Å². The Hall–Kier alpha value is -0.960. The Labute approximate surface area is 105 Å². The van der Waals surface area contributed by atoms with Crippen LogP contribution in [0.5, 0.6) is 0 Å². The number of aryl methyl sites for hydroxylation is 2. The second kappa shape index (κ2) is 4.73. The van der Waals surface area contributed by atoms with Crippen LogP contribution in [0, 0.1) is 19.8 Å². The zero-order valence-corrected chi connectivity index (χ0v) is 11.3. The minimum Gasteiger partial charge on any atom is -0.299 e. The number of benzene rings is 1. The molecular weight excluding hydrogens is 232 g/mol. The first kappa shape index (κ1) is 12.5. The Morgan fingerprint density at radius 2 is 2.00 bits per heavy atom. The summed E-state index contributed by atoms with van der Waals surface area (Å²) >= 11 is 0. The first-order valence-corrected chi connectivity index (χ1v) is 7.22. The van der Waals surface area contributed by atoms with E-state index in [0.717, 1.165) is 16.9 Å². The monoisotopic (exact) mass is 250 g/mol. The molecule has 1 aromatic carbocycles. The van der Waals surface area contributed by atoms with E-state index in [1.165, 1.54) is 5.56 Å². The summed E-state index contributed by atoms with van der Waals surface area (Å²) < 4.78 is 12.5. The molecule has 2 nitrogen and oxygen atoms in total. The molecule has 0 spiro atoms. The summed E-state index contributed by atoms with van der Waals surface area (Å²) in [6, 6.07) is 5.98. The number of Topliss-reactive ketones (excluding diaryl/α,β-unsaturated/α-hetero) is 1. The Morgan fingerprint density at radius 3 is 2.53 bits per heavy atom. The molecule has 0 N–H and O–H groups in total. The van der Waals surface area contributed by atoms with Crippen molar-refractivity contribution in [3.63, 3.8) is 0 Å². The molecule has 1 aromatic rings. The summed E-state index contributed by atoms with van der Waals surface area (Å²) in [5.74, 6) is 0.199. The fraction of sp³-hybridized carbons (Fsp3) is 0.500. The van der Waals surface area contributed by atoms with Gasteiger partial charge in [-0.2, -0.15) is 0 Å². The normalized spacial score (nSPS) is 26.2. The molecule has 0 radical (unpaired) electrons. The molecule has 3 heteroatoms. The fourth-order valence-electron chi connectivity index (χ4n) is 2.45. The molecular formula is C14H18O2S. The third-order valence-corrected chi connectivity index (χ3v) is 5.65. The maximum Gasteiger partial charge on any atom is 0.136 e. The molecule has 1 fully saturated rings. The smallest absolute Gasteiger partial charge is 0.136 e. The number of carbonyl (C=O) groups excluding carboxylic acids is 1. The van der Waals surface area contributed by atoms with Crippen LogP contribution in [0.2, 0.25) is 0 Å². The summed E-state index contributed by atoms with van der Waals surface area (Å²) in [6.45, 7) is 5.92. The Bertz CT molecular complexity index is 479. The van der Waals surface area contributed by atoms with Crippen molar-refractivity contribution in [1.82, 2.24) is 0 Å². The lowest BCUT2D eigenvalue weighted by Crippen LogP contribution is -2.21. The summed E-state index contributed by atoms with van der Waals surface area (Å²) in [4.78, 5) is 12.4. The lowest BCUT2D eigenvalue weighted by Gasteiger charge is -2.15. The highest BCUT2D eigenvalue weighted by atomic mass is 32.2. The van der Waals surface area contributed by atoms with E-state index >= 15 is 0 Å². The molecule has 3 atom stereocenters. The van der Waals surface area contributed by atoms with Gasteiger partial charge in [-0.05, 0) is 31.9 Å². The minimum absolute atomic E-state index is 0.00362. The second-order valence-corrected chi connectivity index (χ2v) is 6.54. The summed E-state index contributed by atoms with van der Waals surface area (Å²) in [5.41, 5.74) is 2.24. The summed E-state index contributed by atoms with van der Waals surface area (Å²) in [7, 11) is -1.05. The molecule has 1 aliphatic carbocycles. The van der Waals surface area contributed by atoms with Gasteiger partial charge in [-0.3, -0.25) is 9.00 Å². The van der Waals surface area contributed by atoms with Gasteiger partial charge in [0, 0.05) is 22.5 Å². The predicted molar refractivity (Wildman–Crippen MR) is 69.5 cm³/mol. The topological polar surface area (TPSA) is 34.1 Å². The van der Waals surface area contributed by atoms with E-state index in [1.807, 2.05) is 32.9 Å². The van der Waals surface area contributed by atoms with Gasteiger partial charge >= 0.3 is 0 Å². The molecule has 1 saturated carbocycles. The third-order valence-electron chi connectivity index (χ3n) is 3.56. The quantitative estimate of drug-likeness (QED) is 0.809. The largest absolute Gasteiger partial charge is 0.299 e. The molecule has 0 bridgehead atoms. The third kappa shape index (κ3) is 2.34. The van der Waals surface area contributed by atoms with Crippen LogP contribution < -0.4 is 0 Å². The molecule has 0 saturated heterocycles. The predicted octanol–water partition coefficient (Wildman–Crippen LogP) is 2.78. The van der Waals surface area contributed by atoms with E-state index in [1.54, 1.807) is 0 Å². The van der Waals surface area contributed by atoms with E-state index in [-0.39, 0.29) is 17.0 Å². The van der Waals surface area contributed by atoms with Gasteiger partial charge < -0.3 is 0 Å². The van der Waals surface area contributed by atoms with Crippen molar-refractivity contribution in [2.75, 3.05) is 0 Å². The zero-order valence-electron chi connectivity index (χ0n) is 10.5. The Kier molecular flexibility index (Phi) is 3.48. The van der Waals surface area contributed by atoms with Crippen molar-refractivity contribution in [3.05, 3.63) is 29.3 Å². The van der Waals surface area contributed by atoms with E-state index in [2.05, 4.69) is 6.07 Å². The van der Waals surface area contributed by atoms with Gasteiger partial charge in [-0.1, -0.05) is 24.6 Å². The van der Waals surface area contributed by atoms with E-state index in [0.29, 0.717) is 6.42 Å². The Balaban J connectivity index is 2.29. The fourth-order valence-corrected chi connectivity index (χ4v) is 4.21. The van der Waals surface area contributed by atoms with Crippen LogP contribution in [-0.2, 0) is 15.6 Å². The zero-order chi connectivity index (χ0) is 12.6. The highest BCUT2D eigenvalue weighted by Gasteiger charge is 2.35. The molecule has 2 rings (SSSR count). The second-order valence-electron chi connectivity index (χ2n) is 4.90. The molecule has 92 valence electrons. The van der Waals surface area contributed by atoms with Gasteiger partial charge in [-0.25, -0.2) is 0 Å². The first-order chi connectivity index (χ1) is 8.00. The lowest BCUT2D eigenvalue weighted by atomic mass is 10.1. The molecule has 1 aliphatic rings. The summed E-state index contributed by atoms with van der Waals surface area (Å²) in [6.07, 6.45) is 1.35. The SMILES string of the molecule is Cc1ccc(S(=O)C2CCC(=O)C2C)c(C)c1. The van der Waals surface area contributed by atoms with Gasteiger partial charge in [0.15, 0.2) is 0 Å². The van der Waals surface area contributed by atoms with Crippen LogP contribution in [0.15, 0.2) is 23.1 Å². The average molecular weight is 250 g/mol. The van der Waals surface area contributed by atoms with Crippen molar-refractivity contribution in [2.24, 2.45) is 5.92 Å². The molecule has 3 unspecified atom stereocenters. The number of hydrogen-bond acceptors (Lipinski definition) is 2. The maximum atomic E-state index is 12.5. The van der Waals surface area contributed by atoms with Crippen molar-refractivity contribution in [2.45, 2.75) is 43.8 Å². The first-order valence-electron chi connectivity index (χ1n) is 6.01. The van der Waals surface area contributed by atoms with Crippen molar-refractivity contribution >= 4 is 16.6 Å². The van der Waals surface area contributed by atoms with Gasteiger partial charge in [0.1, 0.15) is 5.78 Å². The van der Waals surface area contributed by atoms with E-state index in [9.17, 15) is 9.00 Å². The van der Waals surface area contributed by atoms with Gasteiger partial charge in [-0.15, -0.1) is 0 Å². The number of hydrogen-bond donors (Lipinski definition) is 0. The minimum atomic E-state index is -1.05. The van der Waals surface area contributed by atoms with Crippen molar-refractivity contribution in [3.8, 4) is 0 Å². The van der Waals surface area contributed by atoms with Gasteiger partial charge in [0.05, 0.1) is 10.8 Å².